The highest BCUT2D eigenvalue weighted by Gasteiger charge is 2.27. The van der Waals surface area contributed by atoms with Crippen molar-refractivity contribution in [2.24, 2.45) is 0 Å². The van der Waals surface area contributed by atoms with Crippen LogP contribution >= 0.6 is 23.2 Å². The summed E-state index contributed by atoms with van der Waals surface area (Å²) >= 11 is 12.8. The van der Waals surface area contributed by atoms with E-state index in [1.165, 1.54) is 6.33 Å². The number of nitrogens with zero attached hydrogens (tertiary/aromatic N) is 4. The van der Waals surface area contributed by atoms with Gasteiger partial charge in [0, 0.05) is 23.0 Å². The third-order valence-electron chi connectivity index (χ3n) is 6.53. The van der Waals surface area contributed by atoms with Crippen molar-refractivity contribution < 1.29 is 4.79 Å². The van der Waals surface area contributed by atoms with Crippen molar-refractivity contribution in [2.75, 3.05) is 25.0 Å². The molecule has 1 atom stereocenters. The molecule has 1 unspecified atom stereocenters. The van der Waals surface area contributed by atoms with Gasteiger partial charge in [-0.15, -0.1) is 0 Å². The highest BCUT2D eigenvalue weighted by molar-refractivity contribution is 6.35. The van der Waals surface area contributed by atoms with Crippen LogP contribution in [0.2, 0.25) is 10.0 Å². The summed E-state index contributed by atoms with van der Waals surface area (Å²) in [4.78, 5) is 32.2. The van der Waals surface area contributed by atoms with Crippen LogP contribution in [-0.4, -0.2) is 56.4 Å². The Labute approximate surface area is 213 Å². The lowest BCUT2D eigenvalue weighted by Gasteiger charge is -2.34. The zero-order valence-corrected chi connectivity index (χ0v) is 21.1. The molecular formula is C25H27Cl2N7O. The Bertz CT molecular complexity index is 1380. The predicted molar refractivity (Wildman–Crippen MR) is 140 cm³/mol. The van der Waals surface area contributed by atoms with Crippen molar-refractivity contribution in [1.29, 1.82) is 0 Å². The predicted octanol–water partition coefficient (Wildman–Crippen LogP) is 5.20. The molecule has 5 rings (SSSR count). The molecule has 4 aromatic rings. The number of carbonyl (C=O) groups is 1. The standard InChI is InChI=1S/C25H27Cl2N7O/c1-3-34(16-6-8-28-9-7-16)25(35)17-12-21-18(11-19(17)27)24(30-13-29-21)31-14(2)23-32-20-5-4-15(26)10-22(20)33-23/h4-5,10-14,16,28H,3,6-9H2,1-2H3,(H,32,33)(H,29,30,31). The van der Waals surface area contributed by atoms with E-state index in [0.717, 1.165) is 48.2 Å². The number of H-pyrrole nitrogens is 1. The Hall–Kier alpha value is -2.94. The van der Waals surface area contributed by atoms with Gasteiger partial charge in [0.15, 0.2) is 0 Å². The van der Waals surface area contributed by atoms with Crippen LogP contribution in [0.15, 0.2) is 36.7 Å². The highest BCUT2D eigenvalue weighted by atomic mass is 35.5. The molecule has 2 aromatic carbocycles. The van der Waals surface area contributed by atoms with Crippen LogP contribution in [0.3, 0.4) is 0 Å². The van der Waals surface area contributed by atoms with Crippen LogP contribution < -0.4 is 10.6 Å². The number of hydrogen-bond acceptors (Lipinski definition) is 6. The van der Waals surface area contributed by atoms with E-state index in [9.17, 15) is 4.79 Å². The molecule has 1 saturated heterocycles. The second-order valence-electron chi connectivity index (χ2n) is 8.79. The summed E-state index contributed by atoms with van der Waals surface area (Å²) < 4.78 is 0. The summed E-state index contributed by atoms with van der Waals surface area (Å²) in [6.07, 6.45) is 3.36. The van der Waals surface area contributed by atoms with Crippen LogP contribution in [0.1, 0.15) is 48.9 Å². The molecule has 2 aromatic heterocycles. The third-order valence-corrected chi connectivity index (χ3v) is 7.08. The largest absolute Gasteiger partial charge is 0.360 e. The Morgan fingerprint density at radius 2 is 1.97 bits per heavy atom. The van der Waals surface area contributed by atoms with Gasteiger partial charge in [-0.25, -0.2) is 15.0 Å². The van der Waals surface area contributed by atoms with Gasteiger partial charge in [0.05, 0.1) is 33.2 Å². The number of anilines is 1. The summed E-state index contributed by atoms with van der Waals surface area (Å²) in [5.74, 6) is 1.31. The first-order chi connectivity index (χ1) is 16.9. The molecule has 1 amide bonds. The number of benzene rings is 2. The minimum absolute atomic E-state index is 0.0614. The van der Waals surface area contributed by atoms with E-state index in [1.807, 2.05) is 36.9 Å². The van der Waals surface area contributed by atoms with E-state index in [4.69, 9.17) is 23.2 Å². The van der Waals surface area contributed by atoms with E-state index >= 15 is 0 Å². The molecule has 0 aliphatic carbocycles. The Morgan fingerprint density at radius 3 is 2.74 bits per heavy atom. The fourth-order valence-electron chi connectivity index (χ4n) is 4.67. The fourth-order valence-corrected chi connectivity index (χ4v) is 5.08. The second kappa shape index (κ2) is 9.97. The SMILES string of the molecule is CCN(C(=O)c1cc2ncnc(NC(C)c3nc4cc(Cl)ccc4[nH]3)c2cc1Cl)C1CCNCC1. The quantitative estimate of drug-likeness (QED) is 0.329. The number of halogens is 2. The monoisotopic (exact) mass is 511 g/mol. The maximum atomic E-state index is 13.4. The summed E-state index contributed by atoms with van der Waals surface area (Å²) in [5, 5.41) is 8.52. The minimum atomic E-state index is -0.171. The molecule has 10 heteroatoms. The van der Waals surface area contributed by atoms with Crippen molar-refractivity contribution in [3.8, 4) is 0 Å². The molecule has 0 spiro atoms. The van der Waals surface area contributed by atoms with Crippen LogP contribution in [0.5, 0.6) is 0 Å². The Balaban J connectivity index is 1.43. The first-order valence-electron chi connectivity index (χ1n) is 11.8. The topological polar surface area (TPSA) is 98.8 Å². The number of carbonyl (C=O) groups excluding carboxylic acids is 1. The molecule has 35 heavy (non-hydrogen) atoms. The second-order valence-corrected chi connectivity index (χ2v) is 9.64. The van der Waals surface area contributed by atoms with Gasteiger partial charge in [0.1, 0.15) is 18.0 Å². The first-order valence-corrected chi connectivity index (χ1v) is 12.6. The smallest absolute Gasteiger partial charge is 0.255 e. The van der Waals surface area contributed by atoms with E-state index in [-0.39, 0.29) is 18.0 Å². The number of rotatable bonds is 6. The van der Waals surface area contributed by atoms with Crippen LogP contribution in [0, 0.1) is 0 Å². The Morgan fingerprint density at radius 1 is 1.17 bits per heavy atom. The fraction of sp³-hybridized carbons (Fsp3) is 0.360. The minimum Gasteiger partial charge on any atom is -0.360 e. The van der Waals surface area contributed by atoms with Crippen molar-refractivity contribution in [1.82, 2.24) is 30.2 Å². The van der Waals surface area contributed by atoms with Crippen molar-refractivity contribution in [2.45, 2.75) is 38.8 Å². The zero-order valence-electron chi connectivity index (χ0n) is 19.6. The molecule has 3 heterocycles. The van der Waals surface area contributed by atoms with Gasteiger partial charge in [-0.3, -0.25) is 4.79 Å². The van der Waals surface area contributed by atoms with Crippen molar-refractivity contribution in [3.63, 3.8) is 0 Å². The molecule has 0 saturated carbocycles. The molecule has 3 N–H and O–H groups in total. The third kappa shape index (κ3) is 4.78. The van der Waals surface area contributed by atoms with Gasteiger partial charge in [0.2, 0.25) is 0 Å². The van der Waals surface area contributed by atoms with E-state index < -0.39 is 0 Å². The number of aromatic nitrogens is 4. The van der Waals surface area contributed by atoms with E-state index in [2.05, 4.69) is 30.6 Å². The van der Waals surface area contributed by atoms with Crippen LogP contribution in [0.4, 0.5) is 5.82 Å². The van der Waals surface area contributed by atoms with E-state index in [0.29, 0.717) is 33.5 Å². The average molecular weight is 512 g/mol. The summed E-state index contributed by atoms with van der Waals surface area (Å²) in [7, 11) is 0. The van der Waals surface area contributed by atoms with E-state index in [1.54, 1.807) is 12.1 Å². The maximum Gasteiger partial charge on any atom is 0.255 e. The highest BCUT2D eigenvalue weighted by Crippen LogP contribution is 2.30. The number of hydrogen-bond donors (Lipinski definition) is 3. The molecule has 8 nitrogen and oxygen atoms in total. The van der Waals surface area contributed by atoms with Gasteiger partial charge >= 0.3 is 0 Å². The van der Waals surface area contributed by atoms with Gasteiger partial charge in [-0.1, -0.05) is 23.2 Å². The van der Waals surface area contributed by atoms with Crippen LogP contribution in [0.25, 0.3) is 21.9 Å². The first kappa shape index (κ1) is 23.8. The number of nitrogens with one attached hydrogen (secondary N) is 3. The maximum absolute atomic E-state index is 13.4. The molecule has 0 bridgehead atoms. The van der Waals surface area contributed by atoms with Crippen molar-refractivity contribution >= 4 is 56.9 Å². The average Bonchev–Trinajstić information content (AvgIpc) is 3.28. The summed E-state index contributed by atoms with van der Waals surface area (Å²) in [6.45, 7) is 6.46. The van der Waals surface area contributed by atoms with Gasteiger partial charge in [-0.2, -0.15) is 0 Å². The van der Waals surface area contributed by atoms with Crippen LogP contribution in [-0.2, 0) is 0 Å². The number of fused-ring (bicyclic) bond motifs is 2. The molecule has 1 fully saturated rings. The number of piperidine rings is 1. The molecule has 182 valence electrons. The lowest BCUT2D eigenvalue weighted by Crippen LogP contribution is -2.46. The Kier molecular flexibility index (Phi) is 6.77. The van der Waals surface area contributed by atoms with Gasteiger partial charge < -0.3 is 20.5 Å². The lowest BCUT2D eigenvalue weighted by atomic mass is 10.0. The summed E-state index contributed by atoms with van der Waals surface area (Å²) in [5.41, 5.74) is 2.83. The van der Waals surface area contributed by atoms with Gasteiger partial charge in [-0.05, 0) is 70.1 Å². The molecule has 1 aliphatic rings. The summed E-state index contributed by atoms with van der Waals surface area (Å²) in [6, 6.07) is 9.14. The zero-order chi connectivity index (χ0) is 24.5. The lowest BCUT2D eigenvalue weighted by molar-refractivity contribution is 0.0656. The molecule has 1 aliphatic heterocycles. The molecular weight excluding hydrogens is 485 g/mol. The number of imidazole rings is 1. The number of aromatic amines is 1. The normalized spacial score (nSPS) is 15.4. The molecule has 0 radical (unpaired) electrons. The number of amides is 1. The van der Waals surface area contributed by atoms with Gasteiger partial charge in [0.25, 0.3) is 5.91 Å². The van der Waals surface area contributed by atoms with Crippen molar-refractivity contribution in [3.05, 3.63) is 58.1 Å².